The van der Waals surface area contributed by atoms with Gasteiger partial charge in [0.05, 0.1) is 22.9 Å². The second kappa shape index (κ2) is 11.4. The Hall–Kier alpha value is -4.33. The van der Waals surface area contributed by atoms with Crippen LogP contribution in [0.5, 0.6) is 11.5 Å². The molecule has 0 heterocycles. The molecule has 36 heavy (non-hydrogen) atoms. The van der Waals surface area contributed by atoms with Crippen LogP contribution < -0.4 is 14.2 Å². The third-order valence-electron chi connectivity index (χ3n) is 4.64. The summed E-state index contributed by atoms with van der Waals surface area (Å²) < 4.78 is 36.1. The van der Waals surface area contributed by atoms with Crippen molar-refractivity contribution >= 4 is 45.4 Å². The highest BCUT2D eigenvalue weighted by molar-refractivity contribution is 7.87. The molecular formula is C25H19ClN2O7S. The molecule has 0 bridgehead atoms. The fourth-order valence-corrected chi connectivity index (χ4v) is 4.33. The van der Waals surface area contributed by atoms with Gasteiger partial charge in [-0.2, -0.15) is 13.7 Å². The zero-order valence-electron chi connectivity index (χ0n) is 18.8. The van der Waals surface area contributed by atoms with Crippen molar-refractivity contribution in [3.63, 3.8) is 0 Å². The van der Waals surface area contributed by atoms with Gasteiger partial charge >= 0.3 is 16.1 Å². The van der Waals surface area contributed by atoms with Crippen LogP contribution in [0.1, 0.15) is 22.8 Å². The molecule has 0 saturated carbocycles. The number of carbonyl (C=O) groups is 2. The molecule has 0 radical (unpaired) electrons. The molecule has 0 aliphatic carbocycles. The fraction of sp³-hybridized carbons (Fsp3) is 0.0800. The van der Waals surface area contributed by atoms with Gasteiger partial charge in [-0.25, -0.2) is 4.79 Å². The summed E-state index contributed by atoms with van der Waals surface area (Å²) in [5, 5.41) is 21.1. The van der Waals surface area contributed by atoms with Crippen LogP contribution in [-0.2, 0) is 14.9 Å². The maximum absolute atomic E-state index is 12.7. The third kappa shape index (κ3) is 6.21. The molecule has 0 aliphatic heterocycles. The summed E-state index contributed by atoms with van der Waals surface area (Å²) in [6.07, 6.45) is 1.20. The number of aromatic carboxylic acids is 1. The second-order valence-electron chi connectivity index (χ2n) is 7.09. The van der Waals surface area contributed by atoms with E-state index in [4.69, 9.17) is 20.5 Å². The Balaban J connectivity index is 1.96. The van der Waals surface area contributed by atoms with Gasteiger partial charge in [0.25, 0.3) is 5.91 Å². The van der Waals surface area contributed by atoms with Gasteiger partial charge in [0.1, 0.15) is 16.5 Å². The highest BCUT2D eigenvalue weighted by Crippen LogP contribution is 2.39. The topological polar surface area (TPSA) is 143 Å². The van der Waals surface area contributed by atoms with E-state index in [1.54, 1.807) is 31.2 Å². The molecule has 2 N–H and O–H groups in total. The number of rotatable bonds is 9. The highest BCUT2D eigenvalue weighted by atomic mass is 35.5. The quantitative estimate of drug-likeness (QED) is 0.231. The first-order valence-electron chi connectivity index (χ1n) is 10.4. The predicted molar refractivity (Wildman–Crippen MR) is 132 cm³/mol. The summed E-state index contributed by atoms with van der Waals surface area (Å²) in [5.41, 5.74) is -0.254. The number of carboxylic acid groups (broad SMARTS) is 1. The molecule has 0 aliphatic rings. The molecule has 11 heteroatoms. The highest BCUT2D eigenvalue weighted by Gasteiger charge is 2.23. The minimum absolute atomic E-state index is 0.0130. The summed E-state index contributed by atoms with van der Waals surface area (Å²) in [6, 6.07) is 17.6. The van der Waals surface area contributed by atoms with Crippen molar-refractivity contribution in [3.05, 3.63) is 88.5 Å². The second-order valence-corrected chi connectivity index (χ2v) is 9.04. The molecule has 0 aromatic heterocycles. The monoisotopic (exact) mass is 526 g/mol. The molecule has 3 aromatic carbocycles. The van der Waals surface area contributed by atoms with Gasteiger partial charge in [-0.3, -0.25) is 4.79 Å². The lowest BCUT2D eigenvalue weighted by molar-refractivity contribution is -0.112. The van der Waals surface area contributed by atoms with Crippen molar-refractivity contribution in [3.8, 4) is 17.6 Å². The standard InChI is InChI=1S/C25H19ClN2O7S/c1-2-34-22-14-16(13-20(26)23(22)35-36(32,33)18-8-4-3-5-9-18)12-17(15-27)24(29)28-21-11-7-6-10-19(21)25(30)31/h3-14H,2H2,1H3,(H,28,29)(H,30,31)/b17-12+. The van der Waals surface area contributed by atoms with Gasteiger partial charge in [-0.15, -0.1) is 0 Å². The molecule has 1 amide bonds. The van der Waals surface area contributed by atoms with E-state index in [1.165, 1.54) is 54.6 Å². The van der Waals surface area contributed by atoms with E-state index < -0.39 is 22.0 Å². The summed E-state index contributed by atoms with van der Waals surface area (Å²) in [7, 11) is -4.22. The van der Waals surface area contributed by atoms with E-state index in [1.807, 2.05) is 0 Å². The van der Waals surface area contributed by atoms with E-state index in [0.29, 0.717) is 0 Å². The fourth-order valence-electron chi connectivity index (χ4n) is 3.04. The molecule has 9 nitrogen and oxygen atoms in total. The Morgan fingerprint density at radius 2 is 1.78 bits per heavy atom. The van der Waals surface area contributed by atoms with Gasteiger partial charge in [0.15, 0.2) is 5.75 Å². The SMILES string of the molecule is CCOc1cc(/C=C(\C#N)C(=O)Nc2ccccc2C(=O)O)cc(Cl)c1OS(=O)(=O)c1ccccc1. The minimum Gasteiger partial charge on any atom is -0.490 e. The number of anilines is 1. The number of hydrogen-bond acceptors (Lipinski definition) is 7. The first-order valence-corrected chi connectivity index (χ1v) is 12.2. The molecule has 0 fully saturated rings. The Labute approximate surface area is 212 Å². The first-order chi connectivity index (χ1) is 17.2. The van der Waals surface area contributed by atoms with Crippen molar-refractivity contribution < 1.29 is 32.0 Å². The zero-order chi connectivity index (χ0) is 26.3. The summed E-state index contributed by atoms with van der Waals surface area (Å²) in [6.45, 7) is 1.81. The van der Waals surface area contributed by atoms with Crippen molar-refractivity contribution in [2.24, 2.45) is 0 Å². The predicted octanol–water partition coefficient (Wildman–Crippen LogP) is 4.75. The van der Waals surface area contributed by atoms with Crippen LogP contribution in [0, 0.1) is 11.3 Å². The number of carbonyl (C=O) groups excluding carboxylic acids is 1. The van der Waals surface area contributed by atoms with E-state index in [2.05, 4.69) is 5.32 Å². The van der Waals surface area contributed by atoms with Crippen molar-refractivity contribution in [2.75, 3.05) is 11.9 Å². The number of hydrogen-bond donors (Lipinski definition) is 2. The van der Waals surface area contributed by atoms with Crippen LogP contribution in [0.2, 0.25) is 5.02 Å². The Morgan fingerprint density at radius 1 is 1.11 bits per heavy atom. The van der Waals surface area contributed by atoms with Gasteiger partial charge in [-0.05, 0) is 55.0 Å². The molecule has 0 spiro atoms. The maximum atomic E-state index is 12.7. The van der Waals surface area contributed by atoms with E-state index >= 15 is 0 Å². The Morgan fingerprint density at radius 3 is 2.42 bits per heavy atom. The summed E-state index contributed by atoms with van der Waals surface area (Å²) in [4.78, 5) is 24.0. The van der Waals surface area contributed by atoms with Crippen LogP contribution in [-0.4, -0.2) is 32.0 Å². The number of carboxylic acids is 1. The first kappa shape index (κ1) is 26.3. The number of para-hydroxylation sites is 1. The smallest absolute Gasteiger partial charge is 0.339 e. The van der Waals surface area contributed by atoms with Gasteiger partial charge in [0.2, 0.25) is 5.75 Å². The molecule has 0 saturated heterocycles. The lowest BCUT2D eigenvalue weighted by Crippen LogP contribution is -2.16. The van der Waals surface area contributed by atoms with Crippen LogP contribution in [0.3, 0.4) is 0 Å². The van der Waals surface area contributed by atoms with E-state index in [0.717, 1.165) is 0 Å². The average Bonchev–Trinajstić information content (AvgIpc) is 2.85. The van der Waals surface area contributed by atoms with Crippen molar-refractivity contribution in [1.82, 2.24) is 0 Å². The summed E-state index contributed by atoms with van der Waals surface area (Å²) >= 11 is 6.31. The number of ether oxygens (including phenoxy) is 1. The third-order valence-corrected chi connectivity index (χ3v) is 6.15. The normalized spacial score (nSPS) is 11.3. The number of nitriles is 1. The van der Waals surface area contributed by atoms with Crippen LogP contribution in [0.25, 0.3) is 6.08 Å². The van der Waals surface area contributed by atoms with Crippen molar-refractivity contribution in [1.29, 1.82) is 5.26 Å². The number of nitrogens with zero attached hydrogens (tertiary/aromatic N) is 1. The zero-order valence-corrected chi connectivity index (χ0v) is 20.3. The maximum Gasteiger partial charge on any atom is 0.339 e. The largest absolute Gasteiger partial charge is 0.490 e. The molecular weight excluding hydrogens is 508 g/mol. The van der Waals surface area contributed by atoms with Gasteiger partial charge in [-0.1, -0.05) is 41.9 Å². The van der Waals surface area contributed by atoms with E-state index in [-0.39, 0.29) is 50.4 Å². The van der Waals surface area contributed by atoms with Crippen LogP contribution >= 0.6 is 11.6 Å². The lowest BCUT2D eigenvalue weighted by Gasteiger charge is -2.14. The molecule has 0 atom stereocenters. The van der Waals surface area contributed by atoms with Crippen molar-refractivity contribution in [2.45, 2.75) is 11.8 Å². The van der Waals surface area contributed by atoms with Crippen LogP contribution in [0.15, 0.2) is 77.2 Å². The minimum atomic E-state index is -4.22. The molecule has 184 valence electrons. The molecule has 3 rings (SSSR count). The summed E-state index contributed by atoms with van der Waals surface area (Å²) in [5.74, 6) is -2.38. The number of amides is 1. The van der Waals surface area contributed by atoms with E-state index in [9.17, 15) is 28.4 Å². The average molecular weight is 527 g/mol. The number of halogens is 1. The lowest BCUT2D eigenvalue weighted by atomic mass is 10.1. The van der Waals surface area contributed by atoms with Gasteiger partial charge < -0.3 is 19.3 Å². The number of benzene rings is 3. The number of nitrogens with one attached hydrogen (secondary N) is 1. The Kier molecular flexibility index (Phi) is 8.32. The van der Waals surface area contributed by atoms with Gasteiger partial charge in [0, 0.05) is 0 Å². The molecule has 3 aromatic rings. The molecule has 0 unspecified atom stereocenters. The van der Waals surface area contributed by atoms with Crippen LogP contribution in [0.4, 0.5) is 5.69 Å². The Bertz CT molecular complexity index is 1480.